The number of amides is 1. The molecule has 1 amide bonds. The Morgan fingerprint density at radius 2 is 1.59 bits per heavy atom. The lowest BCUT2D eigenvalue weighted by molar-refractivity contribution is -0.134. The SMILES string of the molecule is CCn1c(=O)c2c(nc(C=Cc3ccc(OCC(=O)N(CCOC)CCOC)cc3)n2C)n(CC)c1=O. The summed E-state index contributed by atoms with van der Waals surface area (Å²) in [6.07, 6.45) is 3.66. The third-order valence-corrected chi connectivity index (χ3v) is 6.06. The number of imidazole rings is 1. The van der Waals surface area contributed by atoms with E-state index in [4.69, 9.17) is 14.2 Å². The van der Waals surface area contributed by atoms with Crippen molar-refractivity contribution in [2.45, 2.75) is 26.9 Å². The summed E-state index contributed by atoms with van der Waals surface area (Å²) in [7, 11) is 4.94. The Hall–Kier alpha value is -3.70. The maximum atomic E-state index is 12.9. The highest BCUT2D eigenvalue weighted by molar-refractivity contribution is 5.78. The highest BCUT2D eigenvalue weighted by Gasteiger charge is 2.18. The van der Waals surface area contributed by atoms with Gasteiger partial charge in [-0.15, -0.1) is 0 Å². The van der Waals surface area contributed by atoms with Crippen LogP contribution in [0.5, 0.6) is 5.75 Å². The topological polar surface area (TPSA) is 110 Å². The Labute approximate surface area is 215 Å². The fourth-order valence-corrected chi connectivity index (χ4v) is 3.94. The third-order valence-electron chi connectivity index (χ3n) is 6.06. The van der Waals surface area contributed by atoms with Gasteiger partial charge in [0.2, 0.25) is 0 Å². The van der Waals surface area contributed by atoms with Crippen LogP contribution in [0.25, 0.3) is 23.3 Å². The number of aromatic nitrogens is 4. The van der Waals surface area contributed by atoms with Gasteiger partial charge in [-0.3, -0.25) is 18.7 Å². The van der Waals surface area contributed by atoms with Crippen molar-refractivity contribution >= 4 is 29.2 Å². The summed E-state index contributed by atoms with van der Waals surface area (Å²) in [4.78, 5) is 44.2. The van der Waals surface area contributed by atoms with Crippen LogP contribution in [0.15, 0.2) is 33.9 Å². The number of fused-ring (bicyclic) bond motifs is 1. The van der Waals surface area contributed by atoms with Gasteiger partial charge in [0.15, 0.2) is 17.8 Å². The van der Waals surface area contributed by atoms with E-state index in [-0.39, 0.29) is 23.8 Å². The highest BCUT2D eigenvalue weighted by atomic mass is 16.5. The number of ether oxygens (including phenoxy) is 3. The smallest absolute Gasteiger partial charge is 0.332 e. The van der Waals surface area contributed by atoms with Crippen molar-refractivity contribution in [1.82, 2.24) is 23.6 Å². The number of methoxy groups -OCH3 is 2. The quantitative estimate of drug-likeness (QED) is 0.342. The van der Waals surface area contributed by atoms with Crippen LogP contribution in [0.3, 0.4) is 0 Å². The summed E-state index contributed by atoms with van der Waals surface area (Å²) < 4.78 is 20.3. The largest absolute Gasteiger partial charge is 0.484 e. The lowest BCUT2D eigenvalue weighted by Gasteiger charge is -2.22. The zero-order valence-corrected chi connectivity index (χ0v) is 22.1. The molecule has 0 unspecified atom stereocenters. The molecule has 0 aliphatic heterocycles. The van der Waals surface area contributed by atoms with Crippen molar-refractivity contribution < 1.29 is 19.0 Å². The number of hydrogen-bond acceptors (Lipinski definition) is 7. The highest BCUT2D eigenvalue weighted by Crippen LogP contribution is 2.16. The Morgan fingerprint density at radius 1 is 0.973 bits per heavy atom. The molecule has 0 aliphatic carbocycles. The van der Waals surface area contributed by atoms with Crippen molar-refractivity contribution in [1.29, 1.82) is 0 Å². The molecule has 11 nitrogen and oxygen atoms in total. The van der Waals surface area contributed by atoms with Crippen LogP contribution in [-0.4, -0.2) is 76.6 Å². The Morgan fingerprint density at radius 3 is 2.16 bits per heavy atom. The van der Waals surface area contributed by atoms with Crippen LogP contribution in [0.4, 0.5) is 0 Å². The molecule has 0 N–H and O–H groups in total. The van der Waals surface area contributed by atoms with Crippen molar-refractivity contribution in [3.05, 3.63) is 56.5 Å². The lowest BCUT2D eigenvalue weighted by atomic mass is 10.2. The van der Waals surface area contributed by atoms with E-state index in [2.05, 4.69) is 4.98 Å². The maximum absolute atomic E-state index is 12.9. The van der Waals surface area contributed by atoms with Gasteiger partial charge in [-0.2, -0.15) is 0 Å². The van der Waals surface area contributed by atoms with Crippen LogP contribution >= 0.6 is 0 Å². The first-order valence-electron chi connectivity index (χ1n) is 12.2. The van der Waals surface area contributed by atoms with Gasteiger partial charge < -0.3 is 23.7 Å². The zero-order chi connectivity index (χ0) is 26.9. The minimum atomic E-state index is -0.356. The van der Waals surface area contributed by atoms with Gasteiger partial charge in [-0.05, 0) is 37.6 Å². The molecule has 37 heavy (non-hydrogen) atoms. The lowest BCUT2D eigenvalue weighted by Crippen LogP contribution is -2.39. The van der Waals surface area contributed by atoms with Crippen LogP contribution < -0.4 is 16.0 Å². The molecule has 0 bridgehead atoms. The summed E-state index contributed by atoms with van der Waals surface area (Å²) in [6.45, 7) is 6.05. The van der Waals surface area contributed by atoms with E-state index in [0.717, 1.165) is 5.56 Å². The third kappa shape index (κ3) is 6.36. The van der Waals surface area contributed by atoms with Crippen LogP contribution in [0.2, 0.25) is 0 Å². The molecular formula is C26H35N5O6. The Kier molecular flexibility index (Phi) is 9.81. The number of nitrogens with zero attached hydrogens (tertiary/aromatic N) is 5. The molecule has 3 aromatic rings. The standard InChI is InChI=1S/C26H35N5O6/c1-6-30-24-23(25(33)31(7-2)26(30)34)28(3)21(27-24)13-10-19-8-11-20(12-9-19)37-18-22(32)29(14-16-35-4)15-17-36-5/h8-13H,6-7,14-18H2,1-5H3. The molecule has 2 heterocycles. The van der Waals surface area contributed by atoms with Gasteiger partial charge >= 0.3 is 5.69 Å². The number of benzene rings is 1. The summed E-state index contributed by atoms with van der Waals surface area (Å²) in [5, 5.41) is 0. The average Bonchev–Trinajstić information content (AvgIpc) is 3.23. The Bertz CT molecular complexity index is 1350. The predicted molar refractivity (Wildman–Crippen MR) is 142 cm³/mol. The minimum Gasteiger partial charge on any atom is -0.484 e. The van der Waals surface area contributed by atoms with E-state index in [1.807, 2.05) is 25.1 Å². The molecule has 0 spiro atoms. The van der Waals surface area contributed by atoms with Gasteiger partial charge in [0.1, 0.15) is 11.6 Å². The van der Waals surface area contributed by atoms with Crippen LogP contribution in [-0.2, 0) is 34.4 Å². The second-order valence-electron chi connectivity index (χ2n) is 8.33. The molecule has 3 rings (SSSR count). The summed E-state index contributed by atoms with van der Waals surface area (Å²) in [5.74, 6) is 0.979. The van der Waals surface area contributed by atoms with E-state index in [0.29, 0.717) is 62.1 Å². The van der Waals surface area contributed by atoms with Gasteiger partial charge in [0.25, 0.3) is 11.5 Å². The molecule has 0 atom stereocenters. The first-order chi connectivity index (χ1) is 17.9. The van der Waals surface area contributed by atoms with Crippen molar-refractivity contribution in [2.75, 3.05) is 47.1 Å². The van der Waals surface area contributed by atoms with E-state index in [9.17, 15) is 14.4 Å². The summed E-state index contributed by atoms with van der Waals surface area (Å²) in [6, 6.07) is 7.29. The van der Waals surface area contributed by atoms with Crippen molar-refractivity contribution in [3.63, 3.8) is 0 Å². The molecular weight excluding hydrogens is 478 g/mol. The molecule has 1 aromatic carbocycles. The number of rotatable bonds is 13. The second-order valence-corrected chi connectivity index (χ2v) is 8.33. The summed E-state index contributed by atoms with van der Waals surface area (Å²) >= 11 is 0. The molecule has 11 heteroatoms. The molecule has 0 radical (unpaired) electrons. The van der Waals surface area contributed by atoms with Crippen LogP contribution in [0.1, 0.15) is 25.2 Å². The zero-order valence-electron chi connectivity index (χ0n) is 22.1. The summed E-state index contributed by atoms with van der Waals surface area (Å²) in [5.41, 5.74) is 0.947. The first-order valence-corrected chi connectivity index (χ1v) is 12.2. The molecule has 0 saturated carbocycles. The Balaban J connectivity index is 1.73. The van der Waals surface area contributed by atoms with E-state index in [1.165, 1.54) is 9.13 Å². The minimum absolute atomic E-state index is 0.0864. The number of hydrogen-bond donors (Lipinski definition) is 0. The predicted octanol–water partition coefficient (Wildman–Crippen LogP) is 1.61. The average molecular weight is 514 g/mol. The van der Waals surface area contributed by atoms with Gasteiger partial charge in [0, 0.05) is 47.4 Å². The van der Waals surface area contributed by atoms with Gasteiger partial charge in [0.05, 0.1) is 13.2 Å². The fourth-order valence-electron chi connectivity index (χ4n) is 3.94. The van der Waals surface area contributed by atoms with E-state index >= 15 is 0 Å². The number of aryl methyl sites for hydroxylation is 2. The van der Waals surface area contributed by atoms with Gasteiger partial charge in [-0.25, -0.2) is 9.78 Å². The number of carbonyl (C=O) groups is 1. The maximum Gasteiger partial charge on any atom is 0.332 e. The van der Waals surface area contributed by atoms with Crippen LogP contribution in [0, 0.1) is 0 Å². The first kappa shape index (κ1) is 27.9. The fraction of sp³-hybridized carbons (Fsp3) is 0.462. The molecule has 0 saturated heterocycles. The second kappa shape index (κ2) is 13.0. The van der Waals surface area contributed by atoms with Crippen molar-refractivity contribution in [2.24, 2.45) is 7.05 Å². The normalized spacial score (nSPS) is 11.5. The number of carbonyl (C=O) groups excluding carboxylic acids is 1. The molecule has 0 fully saturated rings. The van der Waals surface area contributed by atoms with E-state index < -0.39 is 0 Å². The molecule has 0 aliphatic rings. The monoisotopic (exact) mass is 513 g/mol. The van der Waals surface area contributed by atoms with E-state index in [1.54, 1.807) is 55.9 Å². The van der Waals surface area contributed by atoms with Crippen molar-refractivity contribution in [3.8, 4) is 5.75 Å². The molecule has 200 valence electrons. The molecule has 2 aromatic heterocycles. The van der Waals surface area contributed by atoms with Gasteiger partial charge in [-0.1, -0.05) is 18.2 Å².